The number of rotatable bonds is 4. The average Bonchev–Trinajstić information content (AvgIpc) is 2.08. The van der Waals surface area contributed by atoms with E-state index >= 15 is 0 Å². The van der Waals surface area contributed by atoms with E-state index in [1.807, 2.05) is 0 Å². The molecule has 0 aliphatic carbocycles. The molecule has 0 fully saturated rings. The molecule has 0 spiro atoms. The maximum Gasteiger partial charge on any atom is 0.387 e. The summed E-state index contributed by atoms with van der Waals surface area (Å²) in [6.45, 7) is -2.16. The Morgan fingerprint density at radius 2 is 1.92 bits per heavy atom. The van der Waals surface area contributed by atoms with Crippen LogP contribution in [0.5, 0.6) is 5.75 Å². The van der Waals surface area contributed by atoms with Gasteiger partial charge in [0.15, 0.2) is 0 Å². The first-order valence-electron chi connectivity index (χ1n) is 3.76. The summed E-state index contributed by atoms with van der Waals surface area (Å²) in [7, 11) is 3.45. The van der Waals surface area contributed by atoms with Gasteiger partial charge >= 0.3 is 6.61 Å². The summed E-state index contributed by atoms with van der Waals surface area (Å²) >= 11 is 0. The van der Waals surface area contributed by atoms with Crippen LogP contribution in [0.4, 0.5) is 8.78 Å². The molecule has 1 aromatic rings. The number of benzene rings is 1. The van der Waals surface area contributed by atoms with Crippen molar-refractivity contribution in [3.63, 3.8) is 0 Å². The van der Waals surface area contributed by atoms with Gasteiger partial charge in [-0.2, -0.15) is 8.78 Å². The van der Waals surface area contributed by atoms with E-state index in [2.05, 4.69) is 17.1 Å². The predicted octanol–water partition coefficient (Wildman–Crippen LogP) is 2.17. The molecule has 0 saturated heterocycles. The second kappa shape index (κ2) is 4.77. The van der Waals surface area contributed by atoms with E-state index < -0.39 is 6.61 Å². The Morgan fingerprint density at radius 1 is 1.31 bits per heavy atom. The number of hydrogen-bond donors (Lipinski definition) is 1. The van der Waals surface area contributed by atoms with E-state index in [0.717, 1.165) is 5.56 Å². The second-order valence-corrected chi connectivity index (χ2v) is 2.45. The zero-order valence-electron chi connectivity index (χ0n) is 6.97. The smallest absolute Gasteiger partial charge is 0.387 e. The highest BCUT2D eigenvalue weighted by Crippen LogP contribution is 2.14. The van der Waals surface area contributed by atoms with Crippen LogP contribution >= 0.6 is 0 Å². The average molecular weight is 186 g/mol. The molecule has 0 amide bonds. The van der Waals surface area contributed by atoms with Crippen molar-refractivity contribution in [3.05, 3.63) is 36.9 Å². The van der Waals surface area contributed by atoms with E-state index in [1.165, 1.54) is 12.1 Å². The molecular weight excluding hydrogens is 176 g/mol. The van der Waals surface area contributed by atoms with Crippen molar-refractivity contribution < 1.29 is 13.5 Å². The largest absolute Gasteiger partial charge is 0.435 e. The van der Waals surface area contributed by atoms with Gasteiger partial charge in [0, 0.05) is 13.6 Å². The van der Waals surface area contributed by atoms with Crippen molar-refractivity contribution in [2.45, 2.75) is 13.2 Å². The quantitative estimate of drug-likeness (QED) is 0.778. The molecule has 0 unspecified atom stereocenters. The van der Waals surface area contributed by atoms with Gasteiger partial charge < -0.3 is 10.1 Å². The Kier molecular flexibility index (Phi) is 3.64. The minimum Gasteiger partial charge on any atom is -0.435 e. The Bertz CT molecular complexity index is 248. The van der Waals surface area contributed by atoms with Gasteiger partial charge in [0.1, 0.15) is 5.75 Å². The highest BCUT2D eigenvalue weighted by molar-refractivity contribution is 5.27. The normalized spacial score (nSPS) is 10.5. The molecule has 0 heterocycles. The first-order valence-corrected chi connectivity index (χ1v) is 3.76. The van der Waals surface area contributed by atoms with E-state index in [0.29, 0.717) is 6.54 Å². The summed E-state index contributed by atoms with van der Waals surface area (Å²) in [5.74, 6) is 0.169. The van der Waals surface area contributed by atoms with Gasteiger partial charge in [-0.05, 0) is 17.7 Å². The summed E-state index contributed by atoms with van der Waals surface area (Å²) in [5.41, 5.74) is 0.969. The van der Waals surface area contributed by atoms with E-state index in [9.17, 15) is 8.78 Å². The zero-order chi connectivity index (χ0) is 9.68. The topological polar surface area (TPSA) is 21.3 Å². The monoisotopic (exact) mass is 186 g/mol. The van der Waals surface area contributed by atoms with Gasteiger partial charge in [0.25, 0.3) is 0 Å². The SMILES string of the molecule is [CH2]NCc1ccc(OC(F)F)cc1. The highest BCUT2D eigenvalue weighted by atomic mass is 19.3. The van der Waals surface area contributed by atoms with Crippen LogP contribution in [0, 0.1) is 7.05 Å². The summed E-state index contributed by atoms with van der Waals surface area (Å²) in [4.78, 5) is 0. The molecular formula is C9H10F2NO. The first kappa shape index (κ1) is 9.92. The third-order valence-electron chi connectivity index (χ3n) is 1.48. The molecule has 0 atom stereocenters. The standard InChI is InChI=1S/C9H10F2NO/c1-12-6-7-2-4-8(5-3-7)13-9(10)11/h2-5,9,12H,1,6H2. The Morgan fingerprint density at radius 3 is 2.38 bits per heavy atom. The van der Waals surface area contributed by atoms with Gasteiger partial charge in [-0.3, -0.25) is 0 Å². The first-order chi connectivity index (χ1) is 6.22. The van der Waals surface area contributed by atoms with E-state index in [-0.39, 0.29) is 5.75 Å². The Hall–Kier alpha value is -1.16. The van der Waals surface area contributed by atoms with Gasteiger partial charge in [0.2, 0.25) is 0 Å². The van der Waals surface area contributed by atoms with Gasteiger partial charge in [-0.1, -0.05) is 12.1 Å². The molecule has 0 saturated carbocycles. The van der Waals surface area contributed by atoms with Crippen LogP contribution in [0.1, 0.15) is 5.56 Å². The molecule has 0 aliphatic heterocycles. The van der Waals surface area contributed by atoms with Crippen molar-refractivity contribution >= 4 is 0 Å². The van der Waals surface area contributed by atoms with Crippen molar-refractivity contribution in [2.24, 2.45) is 0 Å². The third kappa shape index (κ3) is 3.38. The maximum atomic E-state index is 11.7. The molecule has 1 rings (SSSR count). The highest BCUT2D eigenvalue weighted by Gasteiger charge is 2.02. The summed E-state index contributed by atoms with van der Waals surface area (Å²) < 4.78 is 27.6. The molecule has 71 valence electrons. The summed E-state index contributed by atoms with van der Waals surface area (Å²) in [6.07, 6.45) is 0. The minimum absolute atomic E-state index is 0.169. The minimum atomic E-state index is -2.77. The lowest BCUT2D eigenvalue weighted by molar-refractivity contribution is -0.0498. The van der Waals surface area contributed by atoms with Crippen LogP contribution in [0.2, 0.25) is 0 Å². The molecule has 0 aliphatic rings. The van der Waals surface area contributed by atoms with Crippen molar-refractivity contribution in [1.82, 2.24) is 5.32 Å². The lowest BCUT2D eigenvalue weighted by atomic mass is 10.2. The third-order valence-corrected chi connectivity index (χ3v) is 1.48. The molecule has 1 aromatic carbocycles. The molecule has 1 radical (unpaired) electrons. The van der Waals surface area contributed by atoms with Crippen molar-refractivity contribution in [1.29, 1.82) is 0 Å². The van der Waals surface area contributed by atoms with Crippen LogP contribution in [-0.2, 0) is 6.54 Å². The Balaban J connectivity index is 2.59. The van der Waals surface area contributed by atoms with Crippen molar-refractivity contribution in [2.75, 3.05) is 0 Å². The number of hydrogen-bond acceptors (Lipinski definition) is 2. The molecule has 4 heteroatoms. The molecule has 1 N–H and O–H groups in total. The van der Waals surface area contributed by atoms with Crippen LogP contribution in [0.25, 0.3) is 0 Å². The molecule has 0 aromatic heterocycles. The number of alkyl halides is 2. The predicted molar refractivity (Wildman–Crippen MR) is 45.3 cm³/mol. The van der Waals surface area contributed by atoms with Gasteiger partial charge in [-0.25, -0.2) is 0 Å². The fourth-order valence-electron chi connectivity index (χ4n) is 0.933. The van der Waals surface area contributed by atoms with E-state index in [4.69, 9.17) is 0 Å². The number of halogens is 2. The lowest BCUT2D eigenvalue weighted by Crippen LogP contribution is -2.03. The fourth-order valence-corrected chi connectivity index (χ4v) is 0.933. The van der Waals surface area contributed by atoms with Crippen LogP contribution < -0.4 is 10.1 Å². The van der Waals surface area contributed by atoms with Gasteiger partial charge in [-0.15, -0.1) is 0 Å². The van der Waals surface area contributed by atoms with Gasteiger partial charge in [0.05, 0.1) is 0 Å². The van der Waals surface area contributed by atoms with Crippen LogP contribution in [0.3, 0.4) is 0 Å². The fraction of sp³-hybridized carbons (Fsp3) is 0.222. The molecule has 0 bridgehead atoms. The lowest BCUT2D eigenvalue weighted by Gasteiger charge is -2.04. The number of ether oxygens (including phenoxy) is 1. The number of nitrogens with one attached hydrogen (secondary N) is 1. The Labute approximate surface area is 75.5 Å². The van der Waals surface area contributed by atoms with Crippen LogP contribution in [0.15, 0.2) is 24.3 Å². The van der Waals surface area contributed by atoms with Crippen LogP contribution in [-0.4, -0.2) is 6.61 Å². The maximum absolute atomic E-state index is 11.7. The second-order valence-electron chi connectivity index (χ2n) is 2.45. The van der Waals surface area contributed by atoms with E-state index in [1.54, 1.807) is 12.1 Å². The molecule has 2 nitrogen and oxygen atoms in total. The summed E-state index contributed by atoms with van der Waals surface area (Å²) in [5, 5.41) is 2.71. The molecule has 13 heavy (non-hydrogen) atoms. The van der Waals surface area contributed by atoms with Crippen molar-refractivity contribution in [3.8, 4) is 5.75 Å². The summed E-state index contributed by atoms with van der Waals surface area (Å²) in [6, 6.07) is 6.41. The zero-order valence-corrected chi connectivity index (χ0v) is 6.97.